The number of aliphatic hydroxyl groups excluding tert-OH is 1. The lowest BCUT2D eigenvalue weighted by atomic mass is 10.0. The molecule has 68 valence electrons. The second-order valence-corrected chi connectivity index (χ2v) is 3.83. The van der Waals surface area contributed by atoms with Gasteiger partial charge in [0.25, 0.3) is 0 Å². The van der Waals surface area contributed by atoms with Crippen LogP contribution < -0.4 is 0 Å². The van der Waals surface area contributed by atoms with Crippen LogP contribution in [0.15, 0.2) is 16.6 Å². The van der Waals surface area contributed by atoms with Gasteiger partial charge in [0.05, 0.1) is 0 Å². The van der Waals surface area contributed by atoms with Crippen LogP contribution in [0.2, 0.25) is 0 Å². The first-order valence-electron chi connectivity index (χ1n) is 3.97. The Morgan fingerprint density at radius 3 is 2.23 bits per heavy atom. The van der Waals surface area contributed by atoms with Gasteiger partial charge in [-0.05, 0) is 30.5 Å². The van der Waals surface area contributed by atoms with Crippen LogP contribution in [-0.4, -0.2) is 5.11 Å². The first-order valence-corrected chi connectivity index (χ1v) is 4.76. The molecule has 1 nitrogen and oxygen atoms in total. The minimum absolute atomic E-state index is 0.778. The summed E-state index contributed by atoms with van der Waals surface area (Å²) in [7, 11) is 0. The molecule has 0 spiro atoms. The number of aliphatic hydroxyl groups is 1. The Morgan fingerprint density at radius 1 is 1.38 bits per heavy atom. The van der Waals surface area contributed by atoms with E-state index in [1.165, 1.54) is 0 Å². The first-order chi connectivity index (χ1) is 6.06. The van der Waals surface area contributed by atoms with E-state index in [1.807, 2.05) is 26.0 Å². The summed E-state index contributed by atoms with van der Waals surface area (Å²) < 4.78 is 1.07. The van der Waals surface area contributed by atoms with Gasteiger partial charge in [-0.2, -0.15) is 0 Å². The van der Waals surface area contributed by atoms with Gasteiger partial charge >= 0.3 is 0 Å². The highest BCUT2D eigenvalue weighted by atomic mass is 79.9. The van der Waals surface area contributed by atoms with Crippen molar-refractivity contribution in [3.8, 4) is 12.3 Å². The first kappa shape index (κ1) is 10.3. The lowest BCUT2D eigenvalue weighted by Crippen LogP contribution is -1.95. The molecule has 1 N–H and O–H groups in total. The van der Waals surface area contributed by atoms with E-state index in [0.717, 1.165) is 21.2 Å². The maximum absolute atomic E-state index is 9.42. The number of hydrogen-bond donors (Lipinski definition) is 1. The van der Waals surface area contributed by atoms with Crippen molar-refractivity contribution in [2.75, 3.05) is 0 Å². The lowest BCUT2D eigenvalue weighted by Gasteiger charge is -2.09. The Labute approximate surface area is 86.9 Å². The van der Waals surface area contributed by atoms with Crippen LogP contribution in [-0.2, 0) is 0 Å². The second-order valence-electron chi connectivity index (χ2n) is 3.04. The van der Waals surface area contributed by atoms with Crippen molar-refractivity contribution in [3.05, 3.63) is 33.3 Å². The lowest BCUT2D eigenvalue weighted by molar-refractivity contribution is 0.238. The third-order valence-corrected chi connectivity index (χ3v) is 3.18. The van der Waals surface area contributed by atoms with Crippen LogP contribution in [0, 0.1) is 26.2 Å². The minimum Gasteiger partial charge on any atom is -0.376 e. The molecule has 0 saturated carbocycles. The Hall–Kier alpha value is -0.780. The van der Waals surface area contributed by atoms with Crippen LogP contribution >= 0.6 is 15.9 Å². The number of aryl methyl sites for hydroxylation is 2. The van der Waals surface area contributed by atoms with E-state index < -0.39 is 6.10 Å². The van der Waals surface area contributed by atoms with E-state index in [4.69, 9.17) is 6.42 Å². The summed E-state index contributed by atoms with van der Waals surface area (Å²) in [5, 5.41) is 9.42. The van der Waals surface area contributed by atoms with Crippen LogP contribution in [0.5, 0.6) is 0 Å². The molecule has 0 bridgehead atoms. The normalized spacial score (nSPS) is 12.2. The Morgan fingerprint density at radius 2 is 1.85 bits per heavy atom. The molecule has 0 radical (unpaired) electrons. The van der Waals surface area contributed by atoms with Crippen molar-refractivity contribution >= 4 is 15.9 Å². The van der Waals surface area contributed by atoms with Gasteiger partial charge in [-0.25, -0.2) is 0 Å². The fraction of sp³-hybridized carbons (Fsp3) is 0.273. The molecule has 0 saturated heterocycles. The molecule has 1 aromatic carbocycles. The minimum atomic E-state index is -0.800. The zero-order valence-electron chi connectivity index (χ0n) is 7.63. The number of halogens is 1. The van der Waals surface area contributed by atoms with Gasteiger partial charge in [0.15, 0.2) is 0 Å². The third kappa shape index (κ3) is 2.12. The molecule has 0 unspecified atom stereocenters. The molecule has 13 heavy (non-hydrogen) atoms. The molecule has 0 heterocycles. The van der Waals surface area contributed by atoms with Crippen molar-refractivity contribution in [1.82, 2.24) is 0 Å². The summed E-state index contributed by atoms with van der Waals surface area (Å²) in [5.41, 5.74) is 2.95. The highest BCUT2D eigenvalue weighted by molar-refractivity contribution is 9.10. The van der Waals surface area contributed by atoms with E-state index in [-0.39, 0.29) is 0 Å². The standard InChI is InChI=1S/C11H11BrO/c1-4-10(13)9-5-7(2)11(12)8(3)6-9/h1,5-6,10,13H,2-3H3/t10-/m0/s1. The van der Waals surface area contributed by atoms with Gasteiger partial charge in [0.2, 0.25) is 0 Å². The van der Waals surface area contributed by atoms with Crippen molar-refractivity contribution < 1.29 is 5.11 Å². The average molecular weight is 239 g/mol. The van der Waals surface area contributed by atoms with Gasteiger partial charge in [-0.3, -0.25) is 0 Å². The van der Waals surface area contributed by atoms with Gasteiger partial charge in [0, 0.05) is 4.47 Å². The maximum Gasteiger partial charge on any atom is 0.140 e. The number of terminal acetylenes is 1. The Kier molecular flexibility index (Phi) is 3.13. The van der Waals surface area contributed by atoms with E-state index in [1.54, 1.807) is 0 Å². The van der Waals surface area contributed by atoms with E-state index in [9.17, 15) is 5.11 Å². The fourth-order valence-electron chi connectivity index (χ4n) is 1.23. The predicted octanol–water partition coefficient (Wildman–Crippen LogP) is 2.73. The fourth-order valence-corrected chi connectivity index (χ4v) is 1.46. The zero-order valence-corrected chi connectivity index (χ0v) is 9.22. The molecular weight excluding hydrogens is 228 g/mol. The summed E-state index contributed by atoms with van der Waals surface area (Å²) >= 11 is 3.45. The summed E-state index contributed by atoms with van der Waals surface area (Å²) in [4.78, 5) is 0. The highest BCUT2D eigenvalue weighted by Gasteiger charge is 2.07. The average Bonchev–Trinajstić information content (AvgIpc) is 2.12. The number of hydrogen-bond acceptors (Lipinski definition) is 1. The number of benzene rings is 1. The largest absolute Gasteiger partial charge is 0.376 e. The van der Waals surface area contributed by atoms with Gasteiger partial charge in [-0.15, -0.1) is 6.42 Å². The molecule has 0 aliphatic rings. The highest BCUT2D eigenvalue weighted by Crippen LogP contribution is 2.25. The van der Waals surface area contributed by atoms with E-state index in [2.05, 4.69) is 21.9 Å². The van der Waals surface area contributed by atoms with Crippen LogP contribution in [0.3, 0.4) is 0 Å². The van der Waals surface area contributed by atoms with E-state index in [0.29, 0.717) is 0 Å². The van der Waals surface area contributed by atoms with Crippen molar-refractivity contribution in [3.63, 3.8) is 0 Å². The van der Waals surface area contributed by atoms with Gasteiger partial charge in [0.1, 0.15) is 6.10 Å². The molecule has 0 amide bonds. The molecule has 0 aliphatic heterocycles. The van der Waals surface area contributed by atoms with Crippen molar-refractivity contribution in [2.45, 2.75) is 20.0 Å². The molecule has 0 aromatic heterocycles. The second kappa shape index (κ2) is 3.95. The summed E-state index contributed by atoms with van der Waals surface area (Å²) in [6.45, 7) is 3.95. The van der Waals surface area contributed by atoms with Crippen molar-refractivity contribution in [2.24, 2.45) is 0 Å². The Balaban J connectivity index is 3.22. The molecule has 0 aliphatic carbocycles. The van der Waals surface area contributed by atoms with Gasteiger partial charge in [-0.1, -0.05) is 34.0 Å². The summed E-state index contributed by atoms with van der Waals surface area (Å²) in [6, 6.07) is 3.78. The molecule has 1 rings (SSSR count). The third-order valence-electron chi connectivity index (χ3n) is 1.93. The predicted molar refractivity (Wildman–Crippen MR) is 57.4 cm³/mol. The molecular formula is C11H11BrO. The van der Waals surface area contributed by atoms with Crippen LogP contribution in [0.25, 0.3) is 0 Å². The van der Waals surface area contributed by atoms with Crippen molar-refractivity contribution in [1.29, 1.82) is 0 Å². The van der Waals surface area contributed by atoms with Gasteiger partial charge < -0.3 is 5.11 Å². The monoisotopic (exact) mass is 238 g/mol. The summed E-state index contributed by atoms with van der Waals surface area (Å²) in [6.07, 6.45) is 4.33. The maximum atomic E-state index is 9.42. The molecule has 0 fully saturated rings. The zero-order chi connectivity index (χ0) is 10.0. The number of rotatable bonds is 1. The topological polar surface area (TPSA) is 20.2 Å². The Bertz CT molecular complexity index is 340. The smallest absolute Gasteiger partial charge is 0.140 e. The molecule has 1 aromatic rings. The van der Waals surface area contributed by atoms with Crippen LogP contribution in [0.1, 0.15) is 22.8 Å². The SMILES string of the molecule is C#C[C@H](O)c1cc(C)c(Br)c(C)c1. The quantitative estimate of drug-likeness (QED) is 0.747. The molecule has 2 heteroatoms. The summed E-state index contributed by atoms with van der Waals surface area (Å²) in [5.74, 6) is 2.30. The van der Waals surface area contributed by atoms with E-state index >= 15 is 0 Å². The molecule has 1 atom stereocenters. The van der Waals surface area contributed by atoms with Crippen LogP contribution in [0.4, 0.5) is 0 Å².